The van der Waals surface area contributed by atoms with Crippen molar-refractivity contribution >= 4 is 34.4 Å². The molecule has 1 aromatic carbocycles. The molecule has 0 radical (unpaired) electrons. The minimum absolute atomic E-state index is 0.151. The number of alkyl halides is 1. The molecule has 0 spiro atoms. The molecule has 2 rings (SSSR count). The quantitative estimate of drug-likeness (QED) is 0.755. The summed E-state index contributed by atoms with van der Waals surface area (Å²) in [6.45, 7) is 5.40. The largest absolute Gasteiger partial charge is 0.497 e. The molecule has 0 aliphatic rings. The van der Waals surface area contributed by atoms with E-state index in [9.17, 15) is 0 Å². The van der Waals surface area contributed by atoms with Gasteiger partial charge in [-0.25, -0.2) is 4.98 Å². The van der Waals surface area contributed by atoms with Crippen molar-refractivity contribution < 1.29 is 4.74 Å². The lowest BCUT2D eigenvalue weighted by Crippen LogP contribution is -2.23. The van der Waals surface area contributed by atoms with Crippen LogP contribution in [0.15, 0.2) is 18.2 Å². The first-order valence-corrected chi connectivity index (χ1v) is 8.41. The van der Waals surface area contributed by atoms with E-state index in [0.29, 0.717) is 5.88 Å². The molecule has 3 nitrogen and oxygen atoms in total. The van der Waals surface area contributed by atoms with Gasteiger partial charge >= 0.3 is 0 Å². The highest BCUT2D eigenvalue weighted by molar-refractivity contribution is 7.99. The molecule has 0 saturated carbocycles. The van der Waals surface area contributed by atoms with E-state index in [1.807, 2.05) is 23.9 Å². The van der Waals surface area contributed by atoms with E-state index < -0.39 is 0 Å². The molecule has 0 amide bonds. The topological polar surface area (TPSA) is 27.1 Å². The van der Waals surface area contributed by atoms with E-state index in [0.717, 1.165) is 35.6 Å². The molecule has 0 bridgehead atoms. The summed E-state index contributed by atoms with van der Waals surface area (Å²) in [5.41, 5.74) is 2.12. The molecule has 0 aliphatic carbocycles. The summed E-state index contributed by atoms with van der Waals surface area (Å²) in [5, 5.41) is 0. The van der Waals surface area contributed by atoms with E-state index >= 15 is 0 Å². The number of thioether (sulfide) groups is 1. The molecule has 2 aromatic rings. The maximum absolute atomic E-state index is 5.92. The van der Waals surface area contributed by atoms with Gasteiger partial charge in [-0.05, 0) is 32.2 Å². The fraction of sp³-hybridized carbons (Fsp3) is 0.533. The number of aryl methyl sites for hydroxylation is 1. The van der Waals surface area contributed by atoms with E-state index in [-0.39, 0.29) is 4.75 Å². The number of ether oxygens (including phenoxy) is 1. The predicted octanol–water partition coefficient (Wildman–Crippen LogP) is 3.97. The van der Waals surface area contributed by atoms with E-state index in [2.05, 4.69) is 30.7 Å². The van der Waals surface area contributed by atoms with E-state index in [4.69, 9.17) is 21.3 Å². The Hall–Kier alpha value is -0.870. The molecule has 0 aliphatic heterocycles. The molecule has 110 valence electrons. The van der Waals surface area contributed by atoms with Crippen LogP contribution in [-0.2, 0) is 13.0 Å². The third kappa shape index (κ3) is 3.23. The van der Waals surface area contributed by atoms with Crippen LogP contribution in [-0.4, -0.2) is 33.5 Å². The van der Waals surface area contributed by atoms with Gasteiger partial charge in [-0.1, -0.05) is 0 Å². The van der Waals surface area contributed by atoms with Gasteiger partial charge in [0.2, 0.25) is 0 Å². The zero-order valence-corrected chi connectivity index (χ0v) is 14.0. The number of fused-ring (bicyclic) bond motifs is 1. The van der Waals surface area contributed by atoms with Crippen LogP contribution >= 0.6 is 23.4 Å². The first-order valence-electron chi connectivity index (χ1n) is 6.65. The summed E-state index contributed by atoms with van der Waals surface area (Å²) < 4.78 is 7.76. The average Bonchev–Trinajstić information content (AvgIpc) is 2.76. The lowest BCUT2D eigenvalue weighted by Gasteiger charge is -2.24. The van der Waals surface area contributed by atoms with Crippen LogP contribution < -0.4 is 4.74 Å². The number of halogens is 1. The maximum atomic E-state index is 5.92. The minimum Gasteiger partial charge on any atom is -0.497 e. The SMILES string of the molecule is COc1ccc2nc(CCCl)n(CC(C)(C)SC)c2c1. The highest BCUT2D eigenvalue weighted by atomic mass is 35.5. The predicted molar refractivity (Wildman–Crippen MR) is 88.3 cm³/mol. The van der Waals surface area contributed by atoms with E-state index in [1.165, 1.54) is 0 Å². The van der Waals surface area contributed by atoms with Crippen LogP contribution in [0.1, 0.15) is 19.7 Å². The molecule has 0 unspecified atom stereocenters. The summed E-state index contributed by atoms with van der Waals surface area (Å²) in [6.07, 6.45) is 2.92. The van der Waals surface area contributed by atoms with Crippen LogP contribution in [0.2, 0.25) is 0 Å². The van der Waals surface area contributed by atoms with Gasteiger partial charge in [0, 0.05) is 29.7 Å². The number of imidazole rings is 1. The van der Waals surface area contributed by atoms with Crippen molar-refractivity contribution in [1.82, 2.24) is 9.55 Å². The molecular weight excluding hydrogens is 292 g/mol. The monoisotopic (exact) mass is 312 g/mol. The van der Waals surface area contributed by atoms with Gasteiger partial charge in [0.05, 0.1) is 18.1 Å². The highest BCUT2D eigenvalue weighted by Crippen LogP contribution is 2.28. The van der Waals surface area contributed by atoms with Gasteiger partial charge < -0.3 is 9.30 Å². The van der Waals surface area contributed by atoms with Crippen LogP contribution in [0.5, 0.6) is 5.75 Å². The Labute approximate surface area is 129 Å². The van der Waals surface area contributed by atoms with Crippen molar-refractivity contribution in [1.29, 1.82) is 0 Å². The molecule has 0 saturated heterocycles. The van der Waals surface area contributed by atoms with Gasteiger partial charge in [0.15, 0.2) is 0 Å². The Morgan fingerprint density at radius 1 is 1.40 bits per heavy atom. The highest BCUT2D eigenvalue weighted by Gasteiger charge is 2.21. The fourth-order valence-electron chi connectivity index (χ4n) is 2.18. The van der Waals surface area contributed by atoms with Gasteiger partial charge in [0.25, 0.3) is 0 Å². The zero-order valence-electron chi connectivity index (χ0n) is 12.4. The molecule has 0 N–H and O–H groups in total. The Balaban J connectivity index is 2.53. The molecule has 1 heterocycles. The Morgan fingerprint density at radius 3 is 2.75 bits per heavy atom. The molecule has 0 fully saturated rings. The summed E-state index contributed by atoms with van der Waals surface area (Å²) in [5.74, 6) is 2.49. The second kappa shape index (κ2) is 6.27. The molecule has 5 heteroatoms. The van der Waals surface area contributed by atoms with Crippen molar-refractivity contribution in [2.45, 2.75) is 31.6 Å². The van der Waals surface area contributed by atoms with Crippen LogP contribution in [0.3, 0.4) is 0 Å². The molecular formula is C15H21ClN2OS. The van der Waals surface area contributed by atoms with Gasteiger partial charge in [-0.3, -0.25) is 0 Å². The maximum Gasteiger partial charge on any atom is 0.121 e. The Bertz CT molecular complexity index is 595. The number of aromatic nitrogens is 2. The Kier molecular flexibility index (Phi) is 4.86. The second-order valence-corrected chi connectivity index (χ2v) is 7.26. The van der Waals surface area contributed by atoms with Crippen LogP contribution in [0.4, 0.5) is 0 Å². The third-order valence-corrected chi connectivity index (χ3v) is 4.87. The van der Waals surface area contributed by atoms with Crippen molar-refractivity contribution in [2.24, 2.45) is 0 Å². The van der Waals surface area contributed by atoms with Gasteiger partial charge in [-0.15, -0.1) is 11.6 Å². The zero-order chi connectivity index (χ0) is 14.8. The number of methoxy groups -OCH3 is 1. The minimum atomic E-state index is 0.151. The molecule has 20 heavy (non-hydrogen) atoms. The lowest BCUT2D eigenvalue weighted by atomic mass is 10.2. The fourth-order valence-corrected chi connectivity index (χ4v) is 2.60. The standard InChI is InChI=1S/C15H21ClN2OS/c1-15(2,20-4)10-18-13-9-11(19-3)5-6-12(13)17-14(18)7-8-16/h5-6,9H,7-8,10H2,1-4H3. The Morgan fingerprint density at radius 2 is 2.15 bits per heavy atom. The number of hydrogen-bond donors (Lipinski definition) is 0. The molecule has 0 atom stereocenters. The van der Waals surface area contributed by atoms with Gasteiger partial charge in [-0.2, -0.15) is 11.8 Å². The first-order chi connectivity index (χ1) is 9.50. The summed E-state index contributed by atoms with van der Waals surface area (Å²) >= 11 is 7.77. The van der Waals surface area contributed by atoms with Gasteiger partial charge in [0.1, 0.15) is 11.6 Å². The van der Waals surface area contributed by atoms with Crippen molar-refractivity contribution in [3.8, 4) is 5.75 Å². The third-order valence-electron chi connectivity index (χ3n) is 3.44. The van der Waals surface area contributed by atoms with Crippen molar-refractivity contribution in [3.05, 3.63) is 24.0 Å². The van der Waals surface area contributed by atoms with E-state index in [1.54, 1.807) is 7.11 Å². The molecule has 1 aromatic heterocycles. The average molecular weight is 313 g/mol. The number of hydrogen-bond acceptors (Lipinski definition) is 3. The van der Waals surface area contributed by atoms with Crippen molar-refractivity contribution in [2.75, 3.05) is 19.2 Å². The second-order valence-electron chi connectivity index (χ2n) is 5.37. The van der Waals surface area contributed by atoms with Crippen LogP contribution in [0.25, 0.3) is 11.0 Å². The summed E-state index contributed by atoms with van der Waals surface area (Å²) in [7, 11) is 1.69. The smallest absolute Gasteiger partial charge is 0.121 e. The lowest BCUT2D eigenvalue weighted by molar-refractivity contribution is 0.415. The first kappa shape index (κ1) is 15.5. The summed E-state index contributed by atoms with van der Waals surface area (Å²) in [4.78, 5) is 4.71. The number of benzene rings is 1. The van der Waals surface area contributed by atoms with Crippen LogP contribution in [0, 0.1) is 0 Å². The number of nitrogens with zero attached hydrogens (tertiary/aromatic N) is 2. The normalized spacial score (nSPS) is 12.1. The number of rotatable bonds is 6. The van der Waals surface area contributed by atoms with Crippen molar-refractivity contribution in [3.63, 3.8) is 0 Å². The summed E-state index contributed by atoms with van der Waals surface area (Å²) in [6, 6.07) is 6.01.